The van der Waals surface area contributed by atoms with Crippen molar-refractivity contribution in [2.45, 2.75) is 34.2 Å². The summed E-state index contributed by atoms with van der Waals surface area (Å²) in [7, 11) is 0. The van der Waals surface area contributed by atoms with Crippen molar-refractivity contribution >= 4 is 11.8 Å². The van der Waals surface area contributed by atoms with Crippen LogP contribution in [0.5, 0.6) is 0 Å². The van der Waals surface area contributed by atoms with E-state index in [1.54, 1.807) is 6.07 Å². The number of carbonyl (C=O) groups excluding carboxylic acids is 2. The highest BCUT2D eigenvalue weighted by Gasteiger charge is 2.18. The lowest BCUT2D eigenvalue weighted by atomic mass is 9.93. The van der Waals surface area contributed by atoms with E-state index in [4.69, 9.17) is 9.15 Å². The molecule has 0 unspecified atom stereocenters. The fraction of sp³-hybridized carbons (Fsp3) is 0.273. The number of esters is 1. The van der Waals surface area contributed by atoms with Gasteiger partial charge in [-0.3, -0.25) is 9.59 Å². The summed E-state index contributed by atoms with van der Waals surface area (Å²) in [4.78, 5) is 36.5. The summed E-state index contributed by atoms with van der Waals surface area (Å²) in [6.07, 6.45) is 0. The largest absolute Gasteiger partial charge is 0.456 e. The van der Waals surface area contributed by atoms with E-state index in [0.29, 0.717) is 11.1 Å². The fourth-order valence-corrected chi connectivity index (χ4v) is 3.01. The Morgan fingerprint density at radius 3 is 2.40 bits per heavy atom. The second kappa shape index (κ2) is 8.44. The van der Waals surface area contributed by atoms with Crippen LogP contribution in [-0.4, -0.2) is 28.1 Å². The van der Waals surface area contributed by atoms with Gasteiger partial charge in [-0.05, 0) is 80.3 Å². The lowest BCUT2D eigenvalue weighted by molar-refractivity contribution is -0.143. The summed E-state index contributed by atoms with van der Waals surface area (Å²) in [5.41, 5.74) is 4.85. The highest BCUT2D eigenvalue weighted by molar-refractivity contribution is 5.99. The molecule has 156 valence electrons. The van der Waals surface area contributed by atoms with Crippen molar-refractivity contribution in [2.75, 3.05) is 6.61 Å². The van der Waals surface area contributed by atoms with E-state index < -0.39 is 30.7 Å². The predicted octanol–water partition coefficient (Wildman–Crippen LogP) is 3.30. The molecule has 0 atom stereocenters. The van der Waals surface area contributed by atoms with Crippen LogP contribution in [0.3, 0.4) is 0 Å². The van der Waals surface area contributed by atoms with E-state index in [1.165, 1.54) is 24.3 Å². The molecular weight excluding hydrogens is 391 g/mol. The van der Waals surface area contributed by atoms with Crippen LogP contribution in [0, 0.1) is 33.5 Å². The van der Waals surface area contributed by atoms with Crippen molar-refractivity contribution in [1.82, 2.24) is 9.78 Å². The Morgan fingerprint density at radius 2 is 1.73 bits per heavy atom. The van der Waals surface area contributed by atoms with Crippen LogP contribution < -0.4 is 5.76 Å². The molecule has 8 heteroatoms. The molecule has 0 amide bonds. The molecule has 3 rings (SSSR count). The Hall–Kier alpha value is -3.55. The topological polar surface area (TPSA) is 91.4 Å². The van der Waals surface area contributed by atoms with E-state index >= 15 is 0 Å². The lowest BCUT2D eigenvalue weighted by Crippen LogP contribution is -2.25. The van der Waals surface area contributed by atoms with Gasteiger partial charge in [0.2, 0.25) is 11.7 Å². The van der Waals surface area contributed by atoms with Crippen molar-refractivity contribution < 1.29 is 23.1 Å². The molecule has 3 aromatic rings. The first kappa shape index (κ1) is 21.2. The smallest absolute Gasteiger partial charge is 0.437 e. The van der Waals surface area contributed by atoms with E-state index in [-0.39, 0.29) is 11.7 Å². The molecule has 1 heterocycles. The summed E-state index contributed by atoms with van der Waals surface area (Å²) in [6, 6.07) is 6.98. The Kier molecular flexibility index (Phi) is 5.96. The van der Waals surface area contributed by atoms with Gasteiger partial charge in [0, 0.05) is 11.1 Å². The van der Waals surface area contributed by atoms with Gasteiger partial charge in [-0.1, -0.05) is 0 Å². The summed E-state index contributed by atoms with van der Waals surface area (Å²) in [5.74, 6) is -2.49. The molecule has 0 fully saturated rings. The number of rotatable bonds is 6. The van der Waals surface area contributed by atoms with Crippen LogP contribution in [0.25, 0.3) is 11.5 Å². The van der Waals surface area contributed by atoms with Gasteiger partial charge in [0.1, 0.15) is 12.4 Å². The average Bonchev–Trinajstić information content (AvgIpc) is 3.08. The molecule has 7 nitrogen and oxygen atoms in total. The second-order valence-electron chi connectivity index (χ2n) is 7.04. The van der Waals surface area contributed by atoms with Gasteiger partial charge in [-0.15, -0.1) is 5.10 Å². The SMILES string of the molecule is Cc1cc(C(=O)COC(=O)Cn2nc(-c3ccc(F)cc3)oc2=O)c(C)c(C)c1C. The number of aromatic nitrogens is 2. The zero-order valence-corrected chi connectivity index (χ0v) is 17.1. The van der Waals surface area contributed by atoms with E-state index in [1.807, 2.05) is 27.7 Å². The molecule has 0 aliphatic carbocycles. The Labute approximate surface area is 172 Å². The Morgan fingerprint density at radius 1 is 1.07 bits per heavy atom. The summed E-state index contributed by atoms with van der Waals surface area (Å²) in [5, 5.41) is 3.91. The first-order valence-electron chi connectivity index (χ1n) is 9.27. The quantitative estimate of drug-likeness (QED) is 0.456. The van der Waals surface area contributed by atoms with Crippen molar-refractivity contribution in [3.05, 3.63) is 74.5 Å². The predicted molar refractivity (Wildman–Crippen MR) is 107 cm³/mol. The first-order valence-corrected chi connectivity index (χ1v) is 9.27. The summed E-state index contributed by atoms with van der Waals surface area (Å²) in [6.45, 7) is 6.74. The van der Waals surface area contributed by atoms with Crippen LogP contribution in [0.4, 0.5) is 4.39 Å². The summed E-state index contributed by atoms with van der Waals surface area (Å²) < 4.78 is 23.8. The van der Waals surface area contributed by atoms with Crippen molar-refractivity contribution in [3.63, 3.8) is 0 Å². The molecule has 0 bridgehead atoms. The van der Waals surface area contributed by atoms with Crippen molar-refractivity contribution in [1.29, 1.82) is 0 Å². The number of ether oxygens (including phenoxy) is 1. The Balaban J connectivity index is 1.66. The van der Waals surface area contributed by atoms with Crippen LogP contribution in [-0.2, 0) is 16.1 Å². The normalized spacial score (nSPS) is 10.8. The van der Waals surface area contributed by atoms with Gasteiger partial charge >= 0.3 is 11.7 Å². The highest BCUT2D eigenvalue weighted by atomic mass is 19.1. The number of nitrogens with zero attached hydrogens (tertiary/aromatic N) is 2. The minimum atomic E-state index is -0.863. The van der Waals surface area contributed by atoms with Gasteiger partial charge in [-0.2, -0.15) is 4.68 Å². The van der Waals surface area contributed by atoms with E-state index in [2.05, 4.69) is 5.10 Å². The molecule has 30 heavy (non-hydrogen) atoms. The Bertz CT molecular complexity index is 1180. The lowest BCUT2D eigenvalue weighted by Gasteiger charge is -2.13. The zero-order chi connectivity index (χ0) is 22.0. The number of halogens is 1. The van der Waals surface area contributed by atoms with Crippen molar-refractivity contribution in [3.8, 4) is 11.5 Å². The standard InChI is InChI=1S/C22H21FN2O5/c1-12-9-18(15(4)14(3)13(12)2)19(26)11-29-20(27)10-25-22(28)30-21(24-25)16-5-7-17(23)8-6-16/h5-9H,10-11H2,1-4H3. The van der Waals surface area contributed by atoms with Gasteiger partial charge in [0.15, 0.2) is 6.61 Å². The number of aryl methyl sites for hydroxylation is 1. The molecular formula is C22H21FN2O5. The zero-order valence-electron chi connectivity index (χ0n) is 17.1. The molecule has 0 aliphatic rings. The first-order chi connectivity index (χ1) is 14.2. The third kappa shape index (κ3) is 4.37. The molecule has 0 N–H and O–H groups in total. The molecule has 0 saturated carbocycles. The molecule has 0 aliphatic heterocycles. The third-order valence-corrected chi connectivity index (χ3v) is 5.12. The molecule has 0 saturated heterocycles. The minimum Gasteiger partial charge on any atom is -0.456 e. The summed E-state index contributed by atoms with van der Waals surface area (Å²) >= 11 is 0. The fourth-order valence-electron chi connectivity index (χ4n) is 3.01. The monoisotopic (exact) mass is 412 g/mol. The van der Waals surface area contributed by atoms with Crippen LogP contribution >= 0.6 is 0 Å². The average molecular weight is 412 g/mol. The van der Waals surface area contributed by atoms with Gasteiger partial charge in [0.25, 0.3) is 0 Å². The number of carbonyl (C=O) groups is 2. The second-order valence-corrected chi connectivity index (χ2v) is 7.04. The maximum atomic E-state index is 13.0. The number of benzene rings is 2. The van der Waals surface area contributed by atoms with E-state index in [9.17, 15) is 18.8 Å². The van der Waals surface area contributed by atoms with E-state index in [0.717, 1.165) is 26.9 Å². The number of hydrogen-bond acceptors (Lipinski definition) is 6. The maximum absolute atomic E-state index is 13.0. The minimum absolute atomic E-state index is 0.0508. The molecule has 0 radical (unpaired) electrons. The number of hydrogen-bond donors (Lipinski definition) is 0. The van der Waals surface area contributed by atoms with Gasteiger partial charge < -0.3 is 9.15 Å². The van der Waals surface area contributed by atoms with Crippen LogP contribution in [0.2, 0.25) is 0 Å². The number of ketones is 1. The van der Waals surface area contributed by atoms with Gasteiger partial charge in [-0.25, -0.2) is 9.18 Å². The number of Topliss-reactive ketones (excluding diaryl/α,β-unsaturated/α-hetero) is 1. The third-order valence-electron chi connectivity index (χ3n) is 5.12. The van der Waals surface area contributed by atoms with Gasteiger partial charge in [0.05, 0.1) is 0 Å². The highest BCUT2D eigenvalue weighted by Crippen LogP contribution is 2.21. The maximum Gasteiger partial charge on any atom is 0.437 e. The van der Waals surface area contributed by atoms with Crippen LogP contribution in [0.1, 0.15) is 32.6 Å². The molecule has 1 aromatic heterocycles. The van der Waals surface area contributed by atoms with Crippen molar-refractivity contribution in [2.24, 2.45) is 0 Å². The molecule has 0 spiro atoms. The van der Waals surface area contributed by atoms with Crippen LogP contribution in [0.15, 0.2) is 39.5 Å². The molecule has 2 aromatic carbocycles.